The Balaban J connectivity index is 1.83. The van der Waals surface area contributed by atoms with Crippen LogP contribution >= 0.6 is 0 Å². The molecule has 22 heavy (non-hydrogen) atoms. The topological polar surface area (TPSA) is 79.0 Å². The van der Waals surface area contributed by atoms with Gasteiger partial charge in [-0.15, -0.1) is 0 Å². The number of aromatic nitrogens is 1. The number of aliphatic hydroxyl groups is 1. The summed E-state index contributed by atoms with van der Waals surface area (Å²) in [6, 6.07) is 0. The Kier molecular flexibility index (Phi) is 5.93. The van der Waals surface area contributed by atoms with E-state index in [2.05, 4.69) is 10.1 Å². The minimum Gasteiger partial charge on any atom is -0.389 e. The molecule has 0 aromatic carbocycles. The summed E-state index contributed by atoms with van der Waals surface area (Å²) >= 11 is 0. The van der Waals surface area contributed by atoms with E-state index in [9.17, 15) is 9.90 Å². The molecule has 1 amide bonds. The molecule has 1 atom stereocenters. The van der Waals surface area contributed by atoms with Gasteiger partial charge in [0.1, 0.15) is 11.3 Å². The summed E-state index contributed by atoms with van der Waals surface area (Å²) in [5.74, 6) is 0.544. The second kappa shape index (κ2) is 7.71. The van der Waals surface area contributed by atoms with Crippen molar-refractivity contribution in [3.63, 3.8) is 0 Å². The lowest BCUT2D eigenvalue weighted by Crippen LogP contribution is -2.51. The molecule has 124 valence electrons. The summed E-state index contributed by atoms with van der Waals surface area (Å²) in [5.41, 5.74) is 1.21. The first-order valence-electron chi connectivity index (χ1n) is 7.73. The van der Waals surface area contributed by atoms with Gasteiger partial charge in [-0.3, -0.25) is 9.69 Å². The van der Waals surface area contributed by atoms with Gasteiger partial charge in [0.2, 0.25) is 0 Å². The van der Waals surface area contributed by atoms with Crippen LogP contribution in [0.4, 0.5) is 0 Å². The van der Waals surface area contributed by atoms with Gasteiger partial charge in [-0.25, -0.2) is 0 Å². The highest BCUT2D eigenvalue weighted by molar-refractivity contribution is 5.96. The Morgan fingerprint density at radius 1 is 1.36 bits per heavy atom. The normalized spacial score (nSPS) is 17.7. The zero-order valence-electron chi connectivity index (χ0n) is 13.5. The van der Waals surface area contributed by atoms with E-state index in [0.717, 1.165) is 13.1 Å². The number of hydrogen-bond donors (Lipinski definition) is 1. The Bertz CT molecular complexity index is 475. The second-order valence-corrected chi connectivity index (χ2v) is 5.61. The second-order valence-electron chi connectivity index (χ2n) is 5.61. The SMILES string of the molecule is CCOCC(O)CN1CCN(C(=O)c2c(C)noc2C)CC1. The monoisotopic (exact) mass is 311 g/mol. The minimum absolute atomic E-state index is 0.0224. The van der Waals surface area contributed by atoms with Crippen molar-refractivity contribution in [2.75, 3.05) is 45.9 Å². The largest absolute Gasteiger partial charge is 0.389 e. The van der Waals surface area contributed by atoms with Crippen LogP contribution in [0.25, 0.3) is 0 Å². The highest BCUT2D eigenvalue weighted by Gasteiger charge is 2.27. The molecule has 1 aromatic heterocycles. The van der Waals surface area contributed by atoms with Crippen LogP contribution in [-0.2, 0) is 4.74 Å². The van der Waals surface area contributed by atoms with Gasteiger partial charge in [-0.05, 0) is 20.8 Å². The molecule has 0 bridgehead atoms. The van der Waals surface area contributed by atoms with E-state index in [0.29, 0.717) is 49.9 Å². The average molecular weight is 311 g/mol. The third-order valence-electron chi connectivity index (χ3n) is 3.89. The smallest absolute Gasteiger partial charge is 0.259 e. The number of carbonyl (C=O) groups excluding carboxylic acids is 1. The summed E-state index contributed by atoms with van der Waals surface area (Å²) in [6.45, 7) is 9.77. The number of piperazine rings is 1. The summed E-state index contributed by atoms with van der Waals surface area (Å²) < 4.78 is 10.3. The third-order valence-corrected chi connectivity index (χ3v) is 3.89. The van der Waals surface area contributed by atoms with Crippen molar-refractivity contribution in [2.24, 2.45) is 0 Å². The van der Waals surface area contributed by atoms with Crippen LogP contribution in [0.3, 0.4) is 0 Å². The number of nitrogens with zero attached hydrogens (tertiary/aromatic N) is 3. The van der Waals surface area contributed by atoms with Gasteiger partial charge in [0.05, 0.1) is 18.4 Å². The van der Waals surface area contributed by atoms with Gasteiger partial charge in [0, 0.05) is 39.3 Å². The molecule has 1 N–H and O–H groups in total. The summed E-state index contributed by atoms with van der Waals surface area (Å²) in [4.78, 5) is 16.5. The quantitative estimate of drug-likeness (QED) is 0.821. The molecule has 1 saturated heterocycles. The first kappa shape index (κ1) is 16.9. The first-order chi connectivity index (χ1) is 10.5. The van der Waals surface area contributed by atoms with Crippen molar-refractivity contribution in [3.8, 4) is 0 Å². The predicted molar refractivity (Wildman–Crippen MR) is 80.8 cm³/mol. The summed E-state index contributed by atoms with van der Waals surface area (Å²) in [6.07, 6.45) is -0.482. The molecule has 7 heteroatoms. The fourth-order valence-electron chi connectivity index (χ4n) is 2.68. The molecule has 0 aliphatic carbocycles. The minimum atomic E-state index is -0.482. The van der Waals surface area contributed by atoms with Crippen molar-refractivity contribution in [2.45, 2.75) is 26.9 Å². The molecule has 1 aromatic rings. The predicted octanol–water partition coefficient (Wildman–Crippen LogP) is 0.447. The lowest BCUT2D eigenvalue weighted by atomic mass is 10.1. The van der Waals surface area contributed by atoms with E-state index < -0.39 is 6.10 Å². The zero-order chi connectivity index (χ0) is 16.1. The van der Waals surface area contributed by atoms with Gasteiger partial charge >= 0.3 is 0 Å². The van der Waals surface area contributed by atoms with Gasteiger partial charge in [0.15, 0.2) is 0 Å². The van der Waals surface area contributed by atoms with Crippen molar-refractivity contribution < 1.29 is 19.2 Å². The van der Waals surface area contributed by atoms with Crippen LogP contribution in [0.2, 0.25) is 0 Å². The number of aliphatic hydroxyl groups excluding tert-OH is 1. The molecule has 1 aliphatic rings. The van der Waals surface area contributed by atoms with Gasteiger partial charge in [-0.2, -0.15) is 0 Å². The molecule has 1 aliphatic heterocycles. The number of rotatable bonds is 6. The maximum Gasteiger partial charge on any atom is 0.259 e. The lowest BCUT2D eigenvalue weighted by Gasteiger charge is -2.35. The van der Waals surface area contributed by atoms with Crippen LogP contribution in [0.5, 0.6) is 0 Å². The molecular weight excluding hydrogens is 286 g/mol. The fourth-order valence-corrected chi connectivity index (χ4v) is 2.68. The fraction of sp³-hybridized carbons (Fsp3) is 0.733. The van der Waals surface area contributed by atoms with Crippen LogP contribution in [0.15, 0.2) is 4.52 Å². The number of β-amino-alcohol motifs (C(OH)–C–C–N with tert-alkyl or cyclic N) is 1. The number of aryl methyl sites for hydroxylation is 2. The van der Waals surface area contributed by atoms with E-state index in [1.54, 1.807) is 13.8 Å². The Morgan fingerprint density at radius 2 is 2.05 bits per heavy atom. The maximum absolute atomic E-state index is 12.5. The number of amides is 1. The molecule has 2 rings (SSSR count). The lowest BCUT2D eigenvalue weighted by molar-refractivity contribution is 0.0111. The Hall–Kier alpha value is -1.44. The summed E-state index contributed by atoms with van der Waals surface area (Å²) in [7, 11) is 0. The van der Waals surface area contributed by atoms with Gasteiger partial charge in [-0.1, -0.05) is 5.16 Å². The molecule has 0 spiro atoms. The molecule has 7 nitrogen and oxygen atoms in total. The molecule has 1 unspecified atom stereocenters. The highest BCUT2D eigenvalue weighted by atomic mass is 16.5. The van der Waals surface area contributed by atoms with Crippen LogP contribution in [0, 0.1) is 13.8 Å². The average Bonchev–Trinajstić information content (AvgIpc) is 2.84. The van der Waals surface area contributed by atoms with E-state index in [1.165, 1.54) is 0 Å². The van der Waals surface area contributed by atoms with Crippen molar-refractivity contribution in [3.05, 3.63) is 17.0 Å². The van der Waals surface area contributed by atoms with E-state index in [4.69, 9.17) is 9.26 Å². The van der Waals surface area contributed by atoms with E-state index in [1.807, 2.05) is 11.8 Å². The highest BCUT2D eigenvalue weighted by Crippen LogP contribution is 2.16. The van der Waals surface area contributed by atoms with E-state index >= 15 is 0 Å². The van der Waals surface area contributed by atoms with Gasteiger partial charge < -0.3 is 19.3 Å². The van der Waals surface area contributed by atoms with Crippen molar-refractivity contribution >= 4 is 5.91 Å². The Morgan fingerprint density at radius 3 is 2.59 bits per heavy atom. The molecular formula is C15H25N3O4. The first-order valence-corrected chi connectivity index (χ1v) is 7.73. The molecule has 2 heterocycles. The van der Waals surface area contributed by atoms with Gasteiger partial charge in [0.25, 0.3) is 5.91 Å². The molecule has 0 saturated carbocycles. The number of carbonyl (C=O) groups is 1. The van der Waals surface area contributed by atoms with Crippen LogP contribution < -0.4 is 0 Å². The van der Waals surface area contributed by atoms with E-state index in [-0.39, 0.29) is 5.91 Å². The number of ether oxygens (including phenoxy) is 1. The maximum atomic E-state index is 12.5. The third kappa shape index (κ3) is 4.06. The summed E-state index contributed by atoms with van der Waals surface area (Å²) in [5, 5.41) is 13.7. The van der Waals surface area contributed by atoms with Crippen LogP contribution in [-0.4, -0.2) is 78.0 Å². The number of hydrogen-bond acceptors (Lipinski definition) is 6. The standard InChI is InChI=1S/C15H25N3O4/c1-4-21-10-13(19)9-17-5-7-18(8-6-17)15(20)14-11(2)16-22-12(14)3/h13,19H,4-10H2,1-3H3. The van der Waals surface area contributed by atoms with Crippen LogP contribution in [0.1, 0.15) is 28.7 Å². The van der Waals surface area contributed by atoms with Crippen molar-refractivity contribution in [1.29, 1.82) is 0 Å². The molecule has 1 fully saturated rings. The Labute approximate surface area is 130 Å². The van der Waals surface area contributed by atoms with Crippen molar-refractivity contribution in [1.82, 2.24) is 15.0 Å². The molecule has 0 radical (unpaired) electrons. The zero-order valence-corrected chi connectivity index (χ0v) is 13.5.